The van der Waals surface area contributed by atoms with Gasteiger partial charge in [0.2, 0.25) is 5.91 Å². The standard InChI is InChI=1S/C14H27NO3/c1-5-7-11(8-6-9-16)13(18)15-12(10-17)14(2,3)4/h5,11-12,16-17H,1,6-10H2,2-4H3,(H,15,18). The van der Waals surface area contributed by atoms with Crippen molar-refractivity contribution >= 4 is 5.91 Å². The summed E-state index contributed by atoms with van der Waals surface area (Å²) in [7, 11) is 0. The first-order valence-electron chi connectivity index (χ1n) is 6.49. The van der Waals surface area contributed by atoms with Crippen LogP contribution in [0.2, 0.25) is 0 Å². The molecule has 0 aliphatic heterocycles. The van der Waals surface area contributed by atoms with Gasteiger partial charge in [-0.1, -0.05) is 26.8 Å². The molecular weight excluding hydrogens is 230 g/mol. The first-order valence-corrected chi connectivity index (χ1v) is 6.49. The number of rotatable bonds is 8. The fourth-order valence-corrected chi connectivity index (χ4v) is 1.72. The fourth-order valence-electron chi connectivity index (χ4n) is 1.72. The van der Waals surface area contributed by atoms with Crippen LogP contribution in [0.3, 0.4) is 0 Å². The van der Waals surface area contributed by atoms with Crippen LogP contribution >= 0.6 is 0 Å². The van der Waals surface area contributed by atoms with Gasteiger partial charge in [0.25, 0.3) is 0 Å². The zero-order valence-corrected chi connectivity index (χ0v) is 11.8. The second-order valence-corrected chi connectivity index (χ2v) is 5.70. The predicted octanol–water partition coefficient (Wildman–Crippen LogP) is 1.47. The van der Waals surface area contributed by atoms with E-state index in [1.165, 1.54) is 0 Å². The molecule has 0 fully saturated rings. The Balaban J connectivity index is 4.51. The monoisotopic (exact) mass is 257 g/mol. The van der Waals surface area contributed by atoms with Crippen LogP contribution in [0, 0.1) is 11.3 Å². The van der Waals surface area contributed by atoms with E-state index in [1.54, 1.807) is 6.08 Å². The number of aliphatic hydroxyl groups excluding tert-OH is 2. The number of aliphatic hydroxyl groups is 2. The van der Waals surface area contributed by atoms with E-state index in [-0.39, 0.29) is 36.5 Å². The van der Waals surface area contributed by atoms with Crippen molar-refractivity contribution in [2.75, 3.05) is 13.2 Å². The van der Waals surface area contributed by atoms with Gasteiger partial charge in [0.05, 0.1) is 12.6 Å². The van der Waals surface area contributed by atoms with Crippen LogP contribution in [0.1, 0.15) is 40.0 Å². The van der Waals surface area contributed by atoms with Gasteiger partial charge in [0.15, 0.2) is 0 Å². The largest absolute Gasteiger partial charge is 0.396 e. The van der Waals surface area contributed by atoms with Crippen molar-refractivity contribution in [2.24, 2.45) is 11.3 Å². The Labute approximate surface area is 110 Å². The van der Waals surface area contributed by atoms with E-state index in [0.717, 1.165) is 0 Å². The lowest BCUT2D eigenvalue weighted by molar-refractivity contribution is -0.127. The van der Waals surface area contributed by atoms with Gasteiger partial charge in [0, 0.05) is 12.5 Å². The highest BCUT2D eigenvalue weighted by Crippen LogP contribution is 2.20. The third-order valence-corrected chi connectivity index (χ3v) is 3.08. The number of carbonyl (C=O) groups excluding carboxylic acids is 1. The first kappa shape index (κ1) is 17.1. The lowest BCUT2D eigenvalue weighted by atomic mass is 9.86. The normalized spacial score (nSPS) is 14.9. The highest BCUT2D eigenvalue weighted by Gasteiger charge is 2.27. The molecular formula is C14H27NO3. The van der Waals surface area contributed by atoms with E-state index < -0.39 is 0 Å². The minimum absolute atomic E-state index is 0.0719. The average molecular weight is 257 g/mol. The Morgan fingerprint density at radius 3 is 2.39 bits per heavy atom. The molecule has 0 bridgehead atoms. The van der Waals surface area contributed by atoms with E-state index in [1.807, 2.05) is 20.8 Å². The van der Waals surface area contributed by atoms with Crippen LogP contribution < -0.4 is 5.32 Å². The quantitative estimate of drug-likeness (QED) is 0.577. The van der Waals surface area contributed by atoms with Gasteiger partial charge in [-0.15, -0.1) is 6.58 Å². The molecule has 3 N–H and O–H groups in total. The molecule has 0 aromatic rings. The van der Waals surface area contributed by atoms with Crippen molar-refractivity contribution in [3.8, 4) is 0 Å². The van der Waals surface area contributed by atoms with E-state index in [0.29, 0.717) is 19.3 Å². The second-order valence-electron chi connectivity index (χ2n) is 5.70. The lowest BCUT2D eigenvalue weighted by Crippen LogP contribution is -2.48. The van der Waals surface area contributed by atoms with Crippen LogP contribution in [0.25, 0.3) is 0 Å². The van der Waals surface area contributed by atoms with Crippen LogP contribution in [0.15, 0.2) is 12.7 Å². The Bertz CT molecular complexity index is 258. The third kappa shape index (κ3) is 6.17. The molecule has 2 atom stereocenters. The predicted molar refractivity (Wildman–Crippen MR) is 73.1 cm³/mol. The lowest BCUT2D eigenvalue weighted by Gasteiger charge is -2.31. The molecule has 2 unspecified atom stereocenters. The summed E-state index contributed by atoms with van der Waals surface area (Å²) in [5.41, 5.74) is -0.180. The van der Waals surface area contributed by atoms with Crippen molar-refractivity contribution < 1.29 is 15.0 Å². The number of carbonyl (C=O) groups is 1. The Hall–Kier alpha value is -0.870. The van der Waals surface area contributed by atoms with Crippen molar-refractivity contribution in [1.29, 1.82) is 0 Å². The maximum Gasteiger partial charge on any atom is 0.223 e. The summed E-state index contributed by atoms with van der Waals surface area (Å²) in [6, 6.07) is -0.258. The van der Waals surface area contributed by atoms with Gasteiger partial charge < -0.3 is 15.5 Å². The second kappa shape index (κ2) is 8.27. The molecule has 0 aromatic carbocycles. The van der Waals surface area contributed by atoms with E-state index in [4.69, 9.17) is 5.11 Å². The highest BCUT2D eigenvalue weighted by atomic mass is 16.3. The molecule has 0 radical (unpaired) electrons. The number of amides is 1. The van der Waals surface area contributed by atoms with Crippen LogP contribution in [0.5, 0.6) is 0 Å². The Kier molecular flexibility index (Phi) is 7.87. The minimum Gasteiger partial charge on any atom is -0.396 e. The molecule has 0 heterocycles. The summed E-state index contributed by atoms with van der Waals surface area (Å²) in [5, 5.41) is 21.0. The van der Waals surface area contributed by atoms with Crippen molar-refractivity contribution in [3.05, 3.63) is 12.7 Å². The van der Waals surface area contributed by atoms with Gasteiger partial charge in [-0.2, -0.15) is 0 Å². The Morgan fingerprint density at radius 2 is 2.00 bits per heavy atom. The van der Waals surface area contributed by atoms with Crippen LogP contribution in [0.4, 0.5) is 0 Å². The smallest absolute Gasteiger partial charge is 0.223 e. The SMILES string of the molecule is C=CCC(CCCO)C(=O)NC(CO)C(C)(C)C. The van der Waals surface area contributed by atoms with Crippen molar-refractivity contribution in [1.82, 2.24) is 5.32 Å². The maximum atomic E-state index is 12.1. The maximum absolute atomic E-state index is 12.1. The molecule has 4 nitrogen and oxygen atoms in total. The summed E-state index contributed by atoms with van der Waals surface area (Å²) in [5.74, 6) is -0.247. The average Bonchev–Trinajstić information content (AvgIpc) is 2.29. The summed E-state index contributed by atoms with van der Waals surface area (Å²) in [6.07, 6.45) is 3.54. The number of hydrogen-bond donors (Lipinski definition) is 3. The molecule has 4 heteroatoms. The molecule has 106 valence electrons. The number of nitrogens with one attached hydrogen (secondary N) is 1. The fraction of sp³-hybridized carbons (Fsp3) is 0.786. The molecule has 18 heavy (non-hydrogen) atoms. The van der Waals surface area contributed by atoms with E-state index >= 15 is 0 Å². The molecule has 0 spiro atoms. The van der Waals surface area contributed by atoms with Gasteiger partial charge >= 0.3 is 0 Å². The molecule has 0 saturated carbocycles. The minimum atomic E-state index is -0.258. The third-order valence-electron chi connectivity index (χ3n) is 3.08. The van der Waals surface area contributed by atoms with E-state index in [2.05, 4.69) is 11.9 Å². The molecule has 0 aliphatic carbocycles. The summed E-state index contributed by atoms with van der Waals surface area (Å²) in [4.78, 5) is 12.1. The van der Waals surface area contributed by atoms with Gasteiger partial charge in [-0.25, -0.2) is 0 Å². The van der Waals surface area contributed by atoms with Gasteiger partial charge in [0.1, 0.15) is 0 Å². The van der Waals surface area contributed by atoms with Gasteiger partial charge in [-0.05, 0) is 24.7 Å². The topological polar surface area (TPSA) is 69.6 Å². The summed E-state index contributed by atoms with van der Waals surface area (Å²) < 4.78 is 0. The van der Waals surface area contributed by atoms with Gasteiger partial charge in [-0.3, -0.25) is 4.79 Å². The van der Waals surface area contributed by atoms with E-state index in [9.17, 15) is 9.90 Å². The number of hydrogen-bond acceptors (Lipinski definition) is 3. The van der Waals surface area contributed by atoms with Crippen LogP contribution in [-0.2, 0) is 4.79 Å². The summed E-state index contributed by atoms with van der Waals surface area (Å²) in [6.45, 7) is 9.59. The molecule has 0 rings (SSSR count). The number of allylic oxidation sites excluding steroid dienone is 1. The highest BCUT2D eigenvalue weighted by molar-refractivity contribution is 5.79. The first-order chi connectivity index (χ1) is 8.36. The van der Waals surface area contributed by atoms with Crippen LogP contribution in [-0.4, -0.2) is 35.4 Å². The van der Waals surface area contributed by atoms with Crippen molar-refractivity contribution in [3.63, 3.8) is 0 Å². The zero-order valence-electron chi connectivity index (χ0n) is 11.8. The van der Waals surface area contributed by atoms with Crippen molar-refractivity contribution in [2.45, 2.75) is 46.1 Å². The molecule has 0 aromatic heterocycles. The molecule has 0 aliphatic rings. The molecule has 0 saturated heterocycles. The summed E-state index contributed by atoms with van der Waals surface area (Å²) >= 11 is 0. The Morgan fingerprint density at radius 1 is 1.39 bits per heavy atom. The molecule has 1 amide bonds. The zero-order chi connectivity index (χ0) is 14.2.